The largest absolute Gasteiger partial charge is 0.496 e. The first-order chi connectivity index (χ1) is 8.61. The number of hydrogen-bond donors (Lipinski definition) is 1. The fraction of sp³-hybridized carbons (Fsp3) is 0.143. The third-order valence-electron chi connectivity index (χ3n) is 2.73. The van der Waals surface area contributed by atoms with Gasteiger partial charge in [-0.05, 0) is 35.9 Å². The quantitative estimate of drug-likeness (QED) is 0.906. The van der Waals surface area contributed by atoms with Crippen LogP contribution in [0.25, 0.3) is 0 Å². The molecule has 1 atom stereocenters. The predicted octanol–water partition coefficient (Wildman–Crippen LogP) is 4.47. The van der Waals surface area contributed by atoms with Crippen LogP contribution in [-0.4, -0.2) is 7.11 Å². The third kappa shape index (κ3) is 3.77. The molecule has 0 heterocycles. The van der Waals surface area contributed by atoms with Gasteiger partial charge in [0.1, 0.15) is 5.75 Å². The maximum Gasteiger partial charge on any atom is 0.124 e. The normalized spacial score (nSPS) is 11.6. The van der Waals surface area contributed by atoms with Crippen LogP contribution in [0.1, 0.15) is 17.2 Å². The molecule has 0 saturated carbocycles. The number of hydrogen-bond acceptors (Lipinski definition) is 2. The molecule has 5 heteroatoms. The van der Waals surface area contributed by atoms with Crippen molar-refractivity contribution in [3.05, 3.63) is 63.6 Å². The van der Waals surface area contributed by atoms with Crippen LogP contribution in [0.4, 0.5) is 0 Å². The highest BCUT2D eigenvalue weighted by atomic mass is 35.5. The van der Waals surface area contributed by atoms with E-state index in [-0.39, 0.29) is 18.4 Å². The molecule has 2 aromatic rings. The van der Waals surface area contributed by atoms with E-state index in [1.165, 1.54) is 0 Å². The Morgan fingerprint density at radius 2 is 1.74 bits per heavy atom. The number of benzene rings is 2. The van der Waals surface area contributed by atoms with Crippen molar-refractivity contribution < 1.29 is 4.74 Å². The monoisotopic (exact) mass is 317 g/mol. The Morgan fingerprint density at radius 1 is 1.05 bits per heavy atom. The van der Waals surface area contributed by atoms with Gasteiger partial charge in [0.25, 0.3) is 0 Å². The summed E-state index contributed by atoms with van der Waals surface area (Å²) >= 11 is 12.0. The van der Waals surface area contributed by atoms with E-state index in [0.29, 0.717) is 15.8 Å². The highest BCUT2D eigenvalue weighted by Gasteiger charge is 2.14. The van der Waals surface area contributed by atoms with Crippen LogP contribution in [0.3, 0.4) is 0 Å². The summed E-state index contributed by atoms with van der Waals surface area (Å²) in [7, 11) is 1.61. The van der Waals surface area contributed by atoms with Crippen molar-refractivity contribution in [3.63, 3.8) is 0 Å². The summed E-state index contributed by atoms with van der Waals surface area (Å²) in [6, 6.07) is 12.5. The van der Waals surface area contributed by atoms with Crippen molar-refractivity contribution in [2.24, 2.45) is 5.73 Å². The van der Waals surface area contributed by atoms with Crippen LogP contribution in [0, 0.1) is 0 Å². The summed E-state index contributed by atoms with van der Waals surface area (Å²) in [6.45, 7) is 0. The molecular formula is C14H14Cl3NO. The van der Waals surface area contributed by atoms with Gasteiger partial charge in [-0.1, -0.05) is 35.3 Å². The lowest BCUT2D eigenvalue weighted by atomic mass is 9.99. The second-order valence-electron chi connectivity index (χ2n) is 3.92. The molecule has 0 aliphatic rings. The second-order valence-corrected chi connectivity index (χ2v) is 4.79. The molecule has 0 saturated heterocycles. The maximum absolute atomic E-state index is 6.23. The molecule has 1 unspecified atom stereocenters. The van der Waals surface area contributed by atoms with Crippen LogP contribution < -0.4 is 10.5 Å². The van der Waals surface area contributed by atoms with E-state index in [1.807, 2.05) is 36.4 Å². The Hall–Kier alpha value is -0.930. The zero-order chi connectivity index (χ0) is 13.1. The van der Waals surface area contributed by atoms with Crippen molar-refractivity contribution in [1.29, 1.82) is 0 Å². The molecule has 0 spiro atoms. The van der Waals surface area contributed by atoms with Gasteiger partial charge < -0.3 is 10.5 Å². The molecule has 2 aromatic carbocycles. The lowest BCUT2D eigenvalue weighted by Crippen LogP contribution is -2.13. The molecule has 2 rings (SSSR count). The fourth-order valence-electron chi connectivity index (χ4n) is 1.83. The van der Waals surface area contributed by atoms with Gasteiger partial charge in [0, 0.05) is 15.6 Å². The molecule has 0 fully saturated rings. The molecule has 0 aliphatic heterocycles. The Labute approximate surface area is 128 Å². The van der Waals surface area contributed by atoms with E-state index in [9.17, 15) is 0 Å². The van der Waals surface area contributed by atoms with Gasteiger partial charge in [0.2, 0.25) is 0 Å². The molecule has 2 N–H and O–H groups in total. The summed E-state index contributed by atoms with van der Waals surface area (Å²) < 4.78 is 5.30. The van der Waals surface area contributed by atoms with Crippen LogP contribution in [0.5, 0.6) is 5.75 Å². The van der Waals surface area contributed by atoms with E-state index in [4.69, 9.17) is 33.7 Å². The molecule has 2 nitrogen and oxygen atoms in total. The zero-order valence-electron chi connectivity index (χ0n) is 10.3. The van der Waals surface area contributed by atoms with Gasteiger partial charge in [0.15, 0.2) is 0 Å². The minimum absolute atomic E-state index is 0. The molecule has 0 aliphatic carbocycles. The van der Waals surface area contributed by atoms with E-state index in [2.05, 4.69) is 0 Å². The lowest BCUT2D eigenvalue weighted by molar-refractivity contribution is 0.408. The standard InChI is InChI=1S/C14H13Cl2NO.ClH/c1-18-13-6-5-11(16)8-12(13)14(17)9-3-2-4-10(15)7-9;/h2-8,14H,17H2,1H3;1H. The molecule has 0 radical (unpaired) electrons. The van der Waals surface area contributed by atoms with Crippen LogP contribution in [-0.2, 0) is 0 Å². The second kappa shape index (κ2) is 7.01. The average molecular weight is 319 g/mol. The van der Waals surface area contributed by atoms with Gasteiger partial charge in [-0.15, -0.1) is 12.4 Å². The molecule has 0 aromatic heterocycles. The van der Waals surface area contributed by atoms with Crippen molar-refractivity contribution in [1.82, 2.24) is 0 Å². The first-order valence-corrected chi connectivity index (χ1v) is 6.22. The molecule has 19 heavy (non-hydrogen) atoms. The van der Waals surface area contributed by atoms with Crippen LogP contribution in [0.2, 0.25) is 10.0 Å². The minimum atomic E-state index is -0.322. The van der Waals surface area contributed by atoms with E-state index < -0.39 is 0 Å². The van der Waals surface area contributed by atoms with Crippen molar-refractivity contribution >= 4 is 35.6 Å². The number of halogens is 3. The Bertz CT molecular complexity index is 560. The molecule has 102 valence electrons. The summed E-state index contributed by atoms with van der Waals surface area (Å²) in [5, 5.41) is 1.28. The predicted molar refractivity (Wildman–Crippen MR) is 82.7 cm³/mol. The Balaban J connectivity index is 0.00000180. The Morgan fingerprint density at radius 3 is 2.37 bits per heavy atom. The van der Waals surface area contributed by atoms with Gasteiger partial charge in [-0.3, -0.25) is 0 Å². The van der Waals surface area contributed by atoms with Crippen LogP contribution >= 0.6 is 35.6 Å². The first kappa shape index (κ1) is 16.1. The number of ether oxygens (including phenoxy) is 1. The maximum atomic E-state index is 6.23. The summed E-state index contributed by atoms with van der Waals surface area (Å²) in [4.78, 5) is 0. The number of rotatable bonds is 3. The Kier molecular flexibility index (Phi) is 5.95. The third-order valence-corrected chi connectivity index (χ3v) is 3.20. The number of nitrogens with two attached hydrogens (primary N) is 1. The summed E-state index contributed by atoms with van der Waals surface area (Å²) in [6.07, 6.45) is 0. The van der Waals surface area contributed by atoms with Crippen LogP contribution in [0.15, 0.2) is 42.5 Å². The van der Waals surface area contributed by atoms with E-state index >= 15 is 0 Å². The zero-order valence-corrected chi connectivity index (χ0v) is 12.6. The summed E-state index contributed by atoms with van der Waals surface area (Å²) in [5.41, 5.74) is 7.99. The highest BCUT2D eigenvalue weighted by Crippen LogP contribution is 2.31. The molecular weight excluding hydrogens is 305 g/mol. The lowest BCUT2D eigenvalue weighted by Gasteiger charge is -2.16. The van der Waals surface area contributed by atoms with Crippen molar-refractivity contribution in [2.45, 2.75) is 6.04 Å². The van der Waals surface area contributed by atoms with Gasteiger partial charge in [0.05, 0.1) is 13.2 Å². The summed E-state index contributed by atoms with van der Waals surface area (Å²) in [5.74, 6) is 0.715. The SMILES string of the molecule is COc1ccc(Cl)cc1C(N)c1cccc(Cl)c1.Cl. The topological polar surface area (TPSA) is 35.2 Å². The van der Waals surface area contributed by atoms with Gasteiger partial charge >= 0.3 is 0 Å². The highest BCUT2D eigenvalue weighted by molar-refractivity contribution is 6.31. The first-order valence-electron chi connectivity index (χ1n) is 5.46. The van der Waals surface area contributed by atoms with Gasteiger partial charge in [-0.25, -0.2) is 0 Å². The van der Waals surface area contributed by atoms with E-state index in [1.54, 1.807) is 13.2 Å². The number of methoxy groups -OCH3 is 1. The van der Waals surface area contributed by atoms with Crippen molar-refractivity contribution in [3.8, 4) is 5.75 Å². The fourth-order valence-corrected chi connectivity index (χ4v) is 2.21. The smallest absolute Gasteiger partial charge is 0.124 e. The molecule has 0 bridgehead atoms. The average Bonchev–Trinajstić information content (AvgIpc) is 2.38. The van der Waals surface area contributed by atoms with Crippen molar-refractivity contribution in [2.75, 3.05) is 7.11 Å². The minimum Gasteiger partial charge on any atom is -0.496 e. The molecule has 0 amide bonds. The van der Waals surface area contributed by atoms with E-state index in [0.717, 1.165) is 11.1 Å². The van der Waals surface area contributed by atoms with Gasteiger partial charge in [-0.2, -0.15) is 0 Å².